The number of carbonyl (C=O) groups is 2. The van der Waals surface area contributed by atoms with Gasteiger partial charge in [0.1, 0.15) is 0 Å². The first-order valence-electron chi connectivity index (χ1n) is 8.72. The summed E-state index contributed by atoms with van der Waals surface area (Å²) >= 11 is 0. The van der Waals surface area contributed by atoms with Gasteiger partial charge in [-0.2, -0.15) is 0 Å². The number of amides is 2. The van der Waals surface area contributed by atoms with Gasteiger partial charge in [0.15, 0.2) is 0 Å². The van der Waals surface area contributed by atoms with E-state index >= 15 is 0 Å². The van der Waals surface area contributed by atoms with Crippen LogP contribution in [0, 0.1) is 12.8 Å². The van der Waals surface area contributed by atoms with Gasteiger partial charge < -0.3 is 16.4 Å². The topological polar surface area (TPSA) is 84.2 Å². The number of anilines is 1. The predicted molar refractivity (Wildman–Crippen MR) is 97.0 cm³/mol. The molecular weight excluding hydrogens is 302 g/mol. The first kappa shape index (κ1) is 18.5. The summed E-state index contributed by atoms with van der Waals surface area (Å²) in [6, 6.07) is 5.49. The van der Waals surface area contributed by atoms with Gasteiger partial charge in [-0.15, -0.1) is 0 Å². The molecule has 1 aromatic carbocycles. The highest BCUT2D eigenvalue weighted by atomic mass is 16.2. The number of nitrogens with one attached hydrogen (secondary N) is 2. The van der Waals surface area contributed by atoms with Crippen LogP contribution in [-0.4, -0.2) is 23.4 Å². The lowest BCUT2D eigenvalue weighted by atomic mass is 9.74. The van der Waals surface area contributed by atoms with E-state index in [0.29, 0.717) is 11.3 Å². The van der Waals surface area contributed by atoms with E-state index in [1.807, 2.05) is 39.8 Å². The number of hydrogen-bond acceptors (Lipinski definition) is 3. The molecule has 2 amide bonds. The minimum Gasteiger partial charge on any atom is -0.350 e. The molecule has 2 rings (SSSR count). The van der Waals surface area contributed by atoms with E-state index in [-0.39, 0.29) is 23.8 Å². The number of hydrogen-bond donors (Lipinski definition) is 3. The average molecular weight is 331 g/mol. The monoisotopic (exact) mass is 331 g/mol. The summed E-state index contributed by atoms with van der Waals surface area (Å²) in [6.45, 7) is 7.68. The maximum atomic E-state index is 12.6. The average Bonchev–Trinajstić information content (AvgIpc) is 2.47. The van der Waals surface area contributed by atoms with Crippen LogP contribution < -0.4 is 16.4 Å². The molecule has 5 heteroatoms. The molecule has 0 saturated heterocycles. The molecule has 0 spiro atoms. The van der Waals surface area contributed by atoms with Crippen LogP contribution in [0.5, 0.6) is 0 Å². The van der Waals surface area contributed by atoms with E-state index in [1.165, 1.54) is 0 Å². The highest BCUT2D eigenvalue weighted by Gasteiger charge is 2.37. The standard InChI is InChI=1S/C19H29N3O2/c1-12(2)21-17(23)15-11-14(9-8-13(15)3)22-18(24)16-7-5-6-10-19(16,4)20/h8-9,11-12,16H,5-7,10,20H2,1-4H3,(H,21,23)(H,22,24). The van der Waals surface area contributed by atoms with Crippen molar-refractivity contribution in [2.24, 2.45) is 11.7 Å². The second kappa shape index (κ2) is 7.34. The Morgan fingerprint density at radius 3 is 2.62 bits per heavy atom. The van der Waals surface area contributed by atoms with Crippen molar-refractivity contribution in [1.82, 2.24) is 5.32 Å². The SMILES string of the molecule is Cc1ccc(NC(=O)C2CCCCC2(C)N)cc1C(=O)NC(C)C. The van der Waals surface area contributed by atoms with Gasteiger partial charge in [0.2, 0.25) is 5.91 Å². The molecule has 1 aromatic rings. The Hall–Kier alpha value is -1.88. The van der Waals surface area contributed by atoms with Gasteiger partial charge in [-0.1, -0.05) is 18.9 Å². The van der Waals surface area contributed by atoms with E-state index in [4.69, 9.17) is 5.73 Å². The third-order valence-corrected chi connectivity index (χ3v) is 4.74. The lowest BCUT2D eigenvalue weighted by molar-refractivity contribution is -0.122. The van der Waals surface area contributed by atoms with E-state index in [1.54, 1.807) is 6.07 Å². The highest BCUT2D eigenvalue weighted by Crippen LogP contribution is 2.32. The normalized spacial score (nSPS) is 23.8. The third kappa shape index (κ3) is 4.35. The van der Waals surface area contributed by atoms with E-state index in [9.17, 15) is 9.59 Å². The van der Waals surface area contributed by atoms with Crippen molar-refractivity contribution in [3.63, 3.8) is 0 Å². The number of nitrogens with two attached hydrogens (primary N) is 1. The van der Waals surface area contributed by atoms with Crippen molar-refractivity contribution in [3.05, 3.63) is 29.3 Å². The summed E-state index contributed by atoms with van der Waals surface area (Å²) in [4.78, 5) is 24.9. The number of aryl methyl sites for hydroxylation is 1. The lowest BCUT2D eigenvalue weighted by Gasteiger charge is -2.37. The Balaban J connectivity index is 2.15. The smallest absolute Gasteiger partial charge is 0.251 e. The van der Waals surface area contributed by atoms with E-state index in [0.717, 1.165) is 31.2 Å². The van der Waals surface area contributed by atoms with Crippen molar-refractivity contribution < 1.29 is 9.59 Å². The fourth-order valence-corrected chi connectivity index (χ4v) is 3.30. The molecule has 0 aromatic heterocycles. The molecule has 0 bridgehead atoms. The number of rotatable bonds is 4. The second-order valence-electron chi connectivity index (χ2n) is 7.45. The zero-order valence-corrected chi connectivity index (χ0v) is 15.1. The van der Waals surface area contributed by atoms with E-state index < -0.39 is 5.54 Å². The van der Waals surface area contributed by atoms with Gasteiger partial charge >= 0.3 is 0 Å². The molecule has 4 N–H and O–H groups in total. The molecule has 1 fully saturated rings. The zero-order chi connectivity index (χ0) is 17.9. The molecule has 1 aliphatic carbocycles. The molecule has 1 aliphatic rings. The molecule has 0 radical (unpaired) electrons. The van der Waals surface area contributed by atoms with Crippen LogP contribution in [-0.2, 0) is 4.79 Å². The van der Waals surface area contributed by atoms with Gasteiger partial charge in [0.05, 0.1) is 5.92 Å². The maximum absolute atomic E-state index is 12.6. The minimum atomic E-state index is -0.467. The molecule has 2 atom stereocenters. The van der Waals surface area contributed by atoms with Crippen molar-refractivity contribution in [1.29, 1.82) is 0 Å². The van der Waals surface area contributed by atoms with Gasteiger partial charge in [-0.05, 0) is 58.2 Å². The van der Waals surface area contributed by atoms with Crippen LogP contribution in [0.15, 0.2) is 18.2 Å². The lowest BCUT2D eigenvalue weighted by Crippen LogP contribution is -2.51. The number of carbonyl (C=O) groups excluding carboxylic acids is 2. The molecule has 5 nitrogen and oxygen atoms in total. The molecule has 0 aliphatic heterocycles. The first-order chi connectivity index (χ1) is 11.2. The second-order valence-corrected chi connectivity index (χ2v) is 7.45. The molecule has 0 heterocycles. The quantitative estimate of drug-likeness (QED) is 0.793. The fraction of sp³-hybridized carbons (Fsp3) is 0.579. The summed E-state index contributed by atoms with van der Waals surface area (Å²) < 4.78 is 0. The van der Waals surface area contributed by atoms with Crippen LogP contribution in [0.3, 0.4) is 0 Å². The third-order valence-electron chi connectivity index (χ3n) is 4.74. The number of benzene rings is 1. The largest absolute Gasteiger partial charge is 0.350 e. The summed E-state index contributed by atoms with van der Waals surface area (Å²) in [5.41, 5.74) is 7.95. The molecule has 132 valence electrons. The van der Waals surface area contributed by atoms with Gasteiger partial charge in [0, 0.05) is 22.8 Å². The fourth-order valence-electron chi connectivity index (χ4n) is 3.30. The first-order valence-corrected chi connectivity index (χ1v) is 8.72. The minimum absolute atomic E-state index is 0.0567. The molecule has 1 saturated carbocycles. The summed E-state index contributed by atoms with van der Waals surface area (Å²) in [5, 5.41) is 5.83. The summed E-state index contributed by atoms with van der Waals surface area (Å²) in [6.07, 6.45) is 3.77. The van der Waals surface area contributed by atoms with Crippen LogP contribution in [0.4, 0.5) is 5.69 Å². The van der Waals surface area contributed by atoms with Crippen LogP contribution in [0.1, 0.15) is 62.4 Å². The molecular formula is C19H29N3O2. The predicted octanol–water partition coefficient (Wildman–Crippen LogP) is 2.98. The van der Waals surface area contributed by atoms with Crippen molar-refractivity contribution >= 4 is 17.5 Å². The van der Waals surface area contributed by atoms with Crippen molar-refractivity contribution in [3.8, 4) is 0 Å². The summed E-state index contributed by atoms with van der Waals surface area (Å²) in [7, 11) is 0. The van der Waals surface area contributed by atoms with Gasteiger partial charge in [0.25, 0.3) is 5.91 Å². The Kier molecular flexibility index (Phi) is 5.65. The Labute approximate surface area is 144 Å². The Morgan fingerprint density at radius 1 is 1.29 bits per heavy atom. The van der Waals surface area contributed by atoms with Crippen molar-refractivity contribution in [2.45, 2.75) is 65.0 Å². The molecule has 24 heavy (non-hydrogen) atoms. The van der Waals surface area contributed by atoms with Gasteiger partial charge in [-0.25, -0.2) is 0 Å². The van der Waals surface area contributed by atoms with Crippen LogP contribution in [0.2, 0.25) is 0 Å². The summed E-state index contributed by atoms with van der Waals surface area (Å²) in [5.74, 6) is -0.376. The highest BCUT2D eigenvalue weighted by molar-refractivity contribution is 5.99. The Bertz CT molecular complexity index is 623. The van der Waals surface area contributed by atoms with Crippen LogP contribution >= 0.6 is 0 Å². The maximum Gasteiger partial charge on any atom is 0.251 e. The van der Waals surface area contributed by atoms with Crippen LogP contribution in [0.25, 0.3) is 0 Å². The van der Waals surface area contributed by atoms with Crippen molar-refractivity contribution in [2.75, 3.05) is 5.32 Å². The zero-order valence-electron chi connectivity index (χ0n) is 15.1. The van der Waals surface area contributed by atoms with Gasteiger partial charge in [-0.3, -0.25) is 9.59 Å². The molecule has 2 unspecified atom stereocenters. The Morgan fingerprint density at radius 2 is 2.00 bits per heavy atom. The van der Waals surface area contributed by atoms with E-state index in [2.05, 4.69) is 10.6 Å².